The molecule has 0 fully saturated rings. The van der Waals surface area contributed by atoms with Gasteiger partial charge >= 0.3 is 0 Å². The maximum Gasteiger partial charge on any atom is 0.225 e. The lowest BCUT2D eigenvalue weighted by Gasteiger charge is -2.35. The molecule has 150 valence electrons. The Kier molecular flexibility index (Phi) is 4.62. The van der Waals surface area contributed by atoms with E-state index >= 15 is 0 Å². The van der Waals surface area contributed by atoms with E-state index in [1.807, 2.05) is 42.5 Å². The van der Waals surface area contributed by atoms with Crippen molar-refractivity contribution in [2.75, 3.05) is 7.11 Å². The van der Waals surface area contributed by atoms with Gasteiger partial charge in [0.2, 0.25) is 5.91 Å². The molecule has 3 aromatic rings. The number of ether oxygens (including phenoxy) is 1. The first-order valence-electron chi connectivity index (χ1n) is 10.3. The van der Waals surface area contributed by atoms with Gasteiger partial charge in [0.15, 0.2) is 5.78 Å². The number of rotatable bonds is 3. The molecular formula is C26H23NO3. The number of hydrogen-bond acceptors (Lipinski definition) is 3. The number of allylic oxidation sites excluding steroid dienone is 2. The van der Waals surface area contributed by atoms with Crippen molar-refractivity contribution < 1.29 is 14.3 Å². The lowest BCUT2D eigenvalue weighted by molar-refractivity contribution is -0.122. The van der Waals surface area contributed by atoms with Gasteiger partial charge in [-0.1, -0.05) is 54.6 Å². The van der Waals surface area contributed by atoms with E-state index in [2.05, 4.69) is 29.6 Å². The molecule has 1 amide bonds. The Hall–Kier alpha value is -3.40. The molecule has 1 N–H and O–H groups in total. The fourth-order valence-corrected chi connectivity index (χ4v) is 4.91. The van der Waals surface area contributed by atoms with Crippen LogP contribution in [0, 0.1) is 0 Å². The first kappa shape index (κ1) is 18.6. The van der Waals surface area contributed by atoms with E-state index in [9.17, 15) is 9.59 Å². The second-order valence-corrected chi connectivity index (χ2v) is 8.07. The number of amides is 1. The van der Waals surface area contributed by atoms with Gasteiger partial charge in [-0.2, -0.15) is 0 Å². The predicted octanol–water partition coefficient (Wildman–Crippen LogP) is 4.85. The third-order valence-electron chi connectivity index (χ3n) is 6.30. The lowest BCUT2D eigenvalue weighted by Crippen LogP contribution is -2.38. The van der Waals surface area contributed by atoms with Crippen molar-refractivity contribution in [3.63, 3.8) is 0 Å². The molecule has 0 spiro atoms. The van der Waals surface area contributed by atoms with Gasteiger partial charge in [0.25, 0.3) is 0 Å². The van der Waals surface area contributed by atoms with Crippen LogP contribution in [0.5, 0.6) is 5.75 Å². The molecule has 2 atom stereocenters. The summed E-state index contributed by atoms with van der Waals surface area (Å²) in [4.78, 5) is 26.0. The molecule has 2 aliphatic rings. The first-order chi connectivity index (χ1) is 14.6. The van der Waals surface area contributed by atoms with Crippen molar-refractivity contribution in [3.05, 3.63) is 89.1 Å². The Labute approximate surface area is 175 Å². The monoisotopic (exact) mass is 397 g/mol. The Balaban J connectivity index is 1.57. The molecular weight excluding hydrogens is 374 g/mol. The minimum Gasteiger partial charge on any atom is -0.497 e. The number of benzene rings is 3. The lowest BCUT2D eigenvalue weighted by atomic mass is 9.73. The second-order valence-electron chi connectivity index (χ2n) is 8.07. The van der Waals surface area contributed by atoms with E-state index in [-0.39, 0.29) is 23.5 Å². The van der Waals surface area contributed by atoms with Crippen LogP contribution in [0.2, 0.25) is 0 Å². The largest absolute Gasteiger partial charge is 0.497 e. The zero-order valence-electron chi connectivity index (χ0n) is 16.9. The van der Waals surface area contributed by atoms with Crippen LogP contribution < -0.4 is 10.1 Å². The molecule has 5 rings (SSSR count). The SMILES string of the molecule is COc1cccc(C2CC(=O)C3=C(C2)NC(=O)CC3c2cccc3ccccc23)c1. The van der Waals surface area contributed by atoms with Crippen LogP contribution in [0.1, 0.15) is 42.2 Å². The summed E-state index contributed by atoms with van der Waals surface area (Å²) in [5, 5.41) is 5.24. The van der Waals surface area contributed by atoms with Crippen molar-refractivity contribution in [1.29, 1.82) is 0 Å². The van der Waals surface area contributed by atoms with Gasteiger partial charge in [-0.25, -0.2) is 0 Å². The fraction of sp³-hybridized carbons (Fsp3) is 0.231. The van der Waals surface area contributed by atoms with Gasteiger partial charge in [-0.15, -0.1) is 0 Å². The predicted molar refractivity (Wildman–Crippen MR) is 116 cm³/mol. The highest BCUT2D eigenvalue weighted by Gasteiger charge is 2.38. The number of fused-ring (bicyclic) bond motifs is 1. The van der Waals surface area contributed by atoms with E-state index < -0.39 is 0 Å². The zero-order chi connectivity index (χ0) is 20.7. The Morgan fingerprint density at radius 1 is 0.900 bits per heavy atom. The van der Waals surface area contributed by atoms with Crippen molar-refractivity contribution in [3.8, 4) is 5.75 Å². The van der Waals surface area contributed by atoms with Gasteiger partial charge in [0.05, 0.1) is 7.11 Å². The van der Waals surface area contributed by atoms with Crippen molar-refractivity contribution in [1.82, 2.24) is 5.32 Å². The summed E-state index contributed by atoms with van der Waals surface area (Å²) in [6, 6.07) is 22.1. The molecule has 0 aromatic heterocycles. The van der Waals surface area contributed by atoms with Crippen molar-refractivity contribution in [2.45, 2.75) is 31.1 Å². The van der Waals surface area contributed by atoms with E-state index in [1.165, 1.54) is 0 Å². The molecule has 1 heterocycles. The molecule has 0 radical (unpaired) electrons. The number of Topliss-reactive ketones (excluding diaryl/α,β-unsaturated/α-hetero) is 1. The summed E-state index contributed by atoms with van der Waals surface area (Å²) in [6.07, 6.45) is 1.41. The normalized spacial score (nSPS) is 21.4. The van der Waals surface area contributed by atoms with Crippen molar-refractivity contribution in [2.24, 2.45) is 0 Å². The molecule has 0 saturated heterocycles. The minimum absolute atomic E-state index is 0.0224. The van der Waals surface area contributed by atoms with Crippen LogP contribution in [0.4, 0.5) is 0 Å². The Morgan fingerprint density at radius 3 is 2.57 bits per heavy atom. The first-order valence-corrected chi connectivity index (χ1v) is 10.3. The van der Waals surface area contributed by atoms with E-state index in [0.29, 0.717) is 19.3 Å². The molecule has 30 heavy (non-hydrogen) atoms. The highest BCUT2D eigenvalue weighted by atomic mass is 16.5. The molecule has 4 nitrogen and oxygen atoms in total. The third-order valence-corrected chi connectivity index (χ3v) is 6.30. The molecule has 1 aliphatic carbocycles. The molecule has 4 heteroatoms. The van der Waals surface area contributed by atoms with Crippen molar-refractivity contribution >= 4 is 22.5 Å². The summed E-state index contributed by atoms with van der Waals surface area (Å²) in [5.74, 6) is 0.727. The summed E-state index contributed by atoms with van der Waals surface area (Å²) in [7, 11) is 1.64. The summed E-state index contributed by atoms with van der Waals surface area (Å²) >= 11 is 0. The van der Waals surface area contributed by atoms with Crippen LogP contribution >= 0.6 is 0 Å². The maximum absolute atomic E-state index is 13.4. The number of hydrogen-bond donors (Lipinski definition) is 1. The molecule has 3 aromatic carbocycles. The van der Waals surface area contributed by atoms with Gasteiger partial charge < -0.3 is 10.1 Å². The molecule has 0 bridgehead atoms. The number of carbonyl (C=O) groups is 2. The van der Waals surface area contributed by atoms with Gasteiger partial charge in [0.1, 0.15) is 5.75 Å². The number of ketones is 1. The highest BCUT2D eigenvalue weighted by Crippen LogP contribution is 2.44. The highest BCUT2D eigenvalue weighted by molar-refractivity contribution is 6.03. The number of nitrogens with one attached hydrogen (secondary N) is 1. The molecule has 1 aliphatic heterocycles. The molecule has 0 saturated carbocycles. The average molecular weight is 397 g/mol. The zero-order valence-corrected chi connectivity index (χ0v) is 16.9. The summed E-state index contributed by atoms with van der Waals surface area (Å²) in [5.41, 5.74) is 3.69. The Morgan fingerprint density at radius 2 is 1.70 bits per heavy atom. The smallest absolute Gasteiger partial charge is 0.225 e. The van der Waals surface area contributed by atoms with Crippen LogP contribution in [0.15, 0.2) is 78.0 Å². The third kappa shape index (κ3) is 3.18. The Bertz CT molecular complexity index is 1190. The summed E-state index contributed by atoms with van der Waals surface area (Å²) < 4.78 is 5.35. The number of carbonyl (C=O) groups excluding carboxylic acids is 2. The van der Waals surface area contributed by atoms with Gasteiger partial charge in [-0.3, -0.25) is 9.59 Å². The quantitative estimate of drug-likeness (QED) is 0.687. The number of methoxy groups -OCH3 is 1. The van der Waals surface area contributed by atoms with Crippen LogP contribution in [-0.4, -0.2) is 18.8 Å². The minimum atomic E-state index is -0.196. The average Bonchev–Trinajstić information content (AvgIpc) is 2.77. The standard InChI is InChI=1S/C26H23NO3/c1-30-19-9-4-8-17(12-19)18-13-23-26(24(28)14-18)22(15-25(29)27-23)21-11-5-7-16-6-2-3-10-20(16)21/h2-12,18,22H,13-15H2,1H3,(H,27,29). The maximum atomic E-state index is 13.4. The topological polar surface area (TPSA) is 55.4 Å². The van der Waals surface area contributed by atoms with Gasteiger partial charge in [0, 0.05) is 30.0 Å². The van der Waals surface area contributed by atoms with E-state index in [4.69, 9.17) is 4.74 Å². The van der Waals surface area contributed by atoms with Crippen LogP contribution in [0.25, 0.3) is 10.8 Å². The van der Waals surface area contributed by atoms with E-state index in [1.54, 1.807) is 7.11 Å². The molecule has 2 unspecified atom stereocenters. The van der Waals surface area contributed by atoms with Gasteiger partial charge in [-0.05, 0) is 46.4 Å². The fourth-order valence-electron chi connectivity index (χ4n) is 4.91. The van der Waals surface area contributed by atoms with Crippen LogP contribution in [0.3, 0.4) is 0 Å². The second kappa shape index (κ2) is 7.45. The summed E-state index contributed by atoms with van der Waals surface area (Å²) in [6.45, 7) is 0. The van der Waals surface area contributed by atoms with Crippen LogP contribution in [-0.2, 0) is 9.59 Å². The van der Waals surface area contributed by atoms with E-state index in [0.717, 1.165) is 38.9 Å².